The highest BCUT2D eigenvalue weighted by molar-refractivity contribution is 7.98. The van der Waals surface area contributed by atoms with Crippen molar-refractivity contribution in [3.05, 3.63) is 63.2 Å². The SMILES string of the molecule is CNc1c(CSc2ccc(C)cc2C)cccc1[N+](=O)[O-]. The third kappa shape index (κ3) is 3.55. The van der Waals surface area contributed by atoms with Crippen LogP contribution in [0.1, 0.15) is 16.7 Å². The van der Waals surface area contributed by atoms with E-state index in [4.69, 9.17) is 0 Å². The molecule has 0 unspecified atom stereocenters. The first kappa shape index (κ1) is 15.4. The fourth-order valence-electron chi connectivity index (χ4n) is 2.26. The van der Waals surface area contributed by atoms with Crippen LogP contribution in [0.5, 0.6) is 0 Å². The average Bonchev–Trinajstić information content (AvgIpc) is 2.45. The van der Waals surface area contributed by atoms with E-state index in [2.05, 4.69) is 37.4 Å². The molecule has 0 aliphatic heterocycles. The van der Waals surface area contributed by atoms with Crippen molar-refractivity contribution in [1.82, 2.24) is 0 Å². The second-order valence-electron chi connectivity index (χ2n) is 4.88. The molecule has 0 heterocycles. The molecule has 0 atom stereocenters. The van der Waals surface area contributed by atoms with E-state index in [1.54, 1.807) is 24.9 Å². The molecule has 2 aromatic carbocycles. The molecule has 0 aliphatic carbocycles. The van der Waals surface area contributed by atoms with Gasteiger partial charge in [-0.05, 0) is 31.0 Å². The van der Waals surface area contributed by atoms with Gasteiger partial charge in [0.25, 0.3) is 5.69 Å². The van der Waals surface area contributed by atoms with Gasteiger partial charge >= 0.3 is 0 Å². The molecule has 0 aliphatic rings. The second kappa shape index (κ2) is 6.63. The van der Waals surface area contributed by atoms with Crippen molar-refractivity contribution in [2.24, 2.45) is 0 Å². The lowest BCUT2D eigenvalue weighted by molar-refractivity contribution is -0.384. The van der Waals surface area contributed by atoms with Crippen molar-refractivity contribution in [2.75, 3.05) is 12.4 Å². The summed E-state index contributed by atoms with van der Waals surface area (Å²) in [6.45, 7) is 4.16. The van der Waals surface area contributed by atoms with Crippen molar-refractivity contribution in [2.45, 2.75) is 24.5 Å². The summed E-state index contributed by atoms with van der Waals surface area (Å²) in [6.07, 6.45) is 0. The molecule has 110 valence electrons. The maximum absolute atomic E-state index is 11.1. The van der Waals surface area contributed by atoms with Gasteiger partial charge < -0.3 is 5.32 Å². The highest BCUT2D eigenvalue weighted by Gasteiger charge is 2.16. The number of benzene rings is 2. The smallest absolute Gasteiger partial charge is 0.292 e. The number of nitro groups is 1. The Balaban J connectivity index is 2.24. The number of nitrogens with one attached hydrogen (secondary N) is 1. The summed E-state index contributed by atoms with van der Waals surface area (Å²) in [6, 6.07) is 11.5. The van der Waals surface area contributed by atoms with Crippen LogP contribution >= 0.6 is 11.8 Å². The Labute approximate surface area is 128 Å². The zero-order chi connectivity index (χ0) is 15.4. The zero-order valence-electron chi connectivity index (χ0n) is 12.3. The van der Waals surface area contributed by atoms with E-state index >= 15 is 0 Å². The number of thioether (sulfide) groups is 1. The van der Waals surface area contributed by atoms with Gasteiger partial charge in [-0.2, -0.15) is 0 Å². The van der Waals surface area contributed by atoms with Gasteiger partial charge in [0, 0.05) is 23.8 Å². The molecule has 21 heavy (non-hydrogen) atoms. The van der Waals surface area contributed by atoms with Crippen LogP contribution in [0.3, 0.4) is 0 Å². The van der Waals surface area contributed by atoms with Crippen LogP contribution in [-0.2, 0) is 5.75 Å². The molecule has 0 spiro atoms. The maximum Gasteiger partial charge on any atom is 0.292 e. The maximum atomic E-state index is 11.1. The van der Waals surface area contributed by atoms with Crippen LogP contribution in [0.15, 0.2) is 41.3 Å². The Hall–Kier alpha value is -2.01. The summed E-state index contributed by atoms with van der Waals surface area (Å²) >= 11 is 1.70. The van der Waals surface area contributed by atoms with Gasteiger partial charge in [-0.25, -0.2) is 0 Å². The molecule has 0 saturated carbocycles. The highest BCUT2D eigenvalue weighted by Crippen LogP contribution is 2.33. The van der Waals surface area contributed by atoms with E-state index in [1.807, 2.05) is 6.07 Å². The molecule has 0 aromatic heterocycles. The highest BCUT2D eigenvalue weighted by atomic mass is 32.2. The summed E-state index contributed by atoms with van der Waals surface area (Å²) < 4.78 is 0. The van der Waals surface area contributed by atoms with Crippen molar-refractivity contribution in [3.8, 4) is 0 Å². The van der Waals surface area contributed by atoms with E-state index in [9.17, 15) is 10.1 Å². The molecular formula is C16H18N2O2S. The number of rotatable bonds is 5. The van der Waals surface area contributed by atoms with Crippen LogP contribution < -0.4 is 5.32 Å². The van der Waals surface area contributed by atoms with Gasteiger partial charge in [-0.3, -0.25) is 10.1 Å². The van der Waals surface area contributed by atoms with Crippen LogP contribution in [0, 0.1) is 24.0 Å². The predicted molar refractivity (Wildman–Crippen MR) is 88.1 cm³/mol. The number of nitrogens with zero attached hydrogens (tertiary/aromatic N) is 1. The van der Waals surface area contributed by atoms with Gasteiger partial charge in [0.1, 0.15) is 5.69 Å². The van der Waals surface area contributed by atoms with Crippen LogP contribution in [0.25, 0.3) is 0 Å². The van der Waals surface area contributed by atoms with E-state index < -0.39 is 0 Å². The lowest BCUT2D eigenvalue weighted by atomic mass is 10.1. The Morgan fingerprint density at radius 3 is 2.62 bits per heavy atom. The predicted octanol–water partition coefficient (Wildman–Crippen LogP) is 4.55. The first-order chi connectivity index (χ1) is 10.0. The normalized spacial score (nSPS) is 10.4. The minimum absolute atomic E-state index is 0.122. The van der Waals surface area contributed by atoms with Crippen LogP contribution in [-0.4, -0.2) is 12.0 Å². The largest absolute Gasteiger partial charge is 0.382 e. The lowest BCUT2D eigenvalue weighted by Gasteiger charge is -2.11. The first-order valence-corrected chi connectivity index (χ1v) is 7.65. The minimum atomic E-state index is -0.350. The number of hydrogen-bond donors (Lipinski definition) is 1. The Morgan fingerprint density at radius 1 is 1.24 bits per heavy atom. The number of nitro benzene ring substituents is 1. The Kier molecular flexibility index (Phi) is 4.85. The number of anilines is 1. The monoisotopic (exact) mass is 302 g/mol. The molecule has 5 heteroatoms. The zero-order valence-corrected chi connectivity index (χ0v) is 13.2. The van der Waals surface area contributed by atoms with E-state index in [1.165, 1.54) is 22.1 Å². The van der Waals surface area contributed by atoms with Gasteiger partial charge in [-0.1, -0.05) is 29.8 Å². The van der Waals surface area contributed by atoms with Crippen molar-refractivity contribution < 1.29 is 4.92 Å². The Morgan fingerprint density at radius 2 is 2.00 bits per heavy atom. The summed E-state index contributed by atoms with van der Waals surface area (Å²) in [5.74, 6) is 0.696. The molecule has 2 rings (SSSR count). The fourth-order valence-corrected chi connectivity index (χ4v) is 3.27. The molecule has 0 bridgehead atoms. The molecule has 0 amide bonds. The third-order valence-electron chi connectivity index (χ3n) is 3.29. The van der Waals surface area contributed by atoms with E-state index in [0.29, 0.717) is 11.4 Å². The summed E-state index contributed by atoms with van der Waals surface area (Å²) in [5.41, 5.74) is 4.13. The minimum Gasteiger partial charge on any atom is -0.382 e. The van der Waals surface area contributed by atoms with E-state index in [-0.39, 0.29) is 10.6 Å². The molecular weight excluding hydrogens is 284 g/mol. The van der Waals surface area contributed by atoms with Crippen molar-refractivity contribution >= 4 is 23.1 Å². The number of aryl methyl sites for hydroxylation is 2. The van der Waals surface area contributed by atoms with Gasteiger partial charge in [-0.15, -0.1) is 11.8 Å². The quantitative estimate of drug-likeness (QED) is 0.500. The molecule has 0 fully saturated rings. The molecule has 1 N–H and O–H groups in total. The van der Waals surface area contributed by atoms with Crippen LogP contribution in [0.4, 0.5) is 11.4 Å². The second-order valence-corrected chi connectivity index (χ2v) is 5.89. The van der Waals surface area contributed by atoms with Gasteiger partial charge in [0.05, 0.1) is 4.92 Å². The molecule has 0 radical (unpaired) electrons. The number of para-hydroxylation sites is 1. The van der Waals surface area contributed by atoms with Gasteiger partial charge in [0.2, 0.25) is 0 Å². The third-order valence-corrected chi connectivity index (χ3v) is 4.51. The topological polar surface area (TPSA) is 55.2 Å². The average molecular weight is 302 g/mol. The lowest BCUT2D eigenvalue weighted by Crippen LogP contribution is -2.00. The Bertz CT molecular complexity index is 671. The molecule has 2 aromatic rings. The summed E-state index contributed by atoms with van der Waals surface area (Å²) in [7, 11) is 1.72. The molecule has 4 nitrogen and oxygen atoms in total. The van der Waals surface area contributed by atoms with Crippen molar-refractivity contribution in [1.29, 1.82) is 0 Å². The fraction of sp³-hybridized carbons (Fsp3) is 0.250. The van der Waals surface area contributed by atoms with Crippen molar-refractivity contribution in [3.63, 3.8) is 0 Å². The first-order valence-electron chi connectivity index (χ1n) is 6.67. The summed E-state index contributed by atoms with van der Waals surface area (Å²) in [5, 5.41) is 14.0. The molecule has 0 saturated heterocycles. The van der Waals surface area contributed by atoms with E-state index in [0.717, 1.165) is 5.56 Å². The summed E-state index contributed by atoms with van der Waals surface area (Å²) in [4.78, 5) is 11.9. The standard InChI is InChI=1S/C16H18N2O2S/c1-11-7-8-15(12(2)9-11)21-10-13-5-4-6-14(18(19)20)16(13)17-3/h4-9,17H,10H2,1-3H3. The number of hydrogen-bond acceptors (Lipinski definition) is 4. The van der Waals surface area contributed by atoms with Gasteiger partial charge in [0.15, 0.2) is 0 Å². The van der Waals surface area contributed by atoms with Crippen LogP contribution in [0.2, 0.25) is 0 Å².